The zero-order chi connectivity index (χ0) is 22.4. The molecule has 160 valence electrons. The Labute approximate surface area is 196 Å². The Hall–Kier alpha value is -4.04. The number of H-pyrrole nitrogens is 1. The van der Waals surface area contributed by atoms with Gasteiger partial charge >= 0.3 is 0 Å². The maximum Gasteiger partial charge on any atom is 0.236 e. The Morgan fingerprint density at radius 1 is 0.909 bits per heavy atom. The van der Waals surface area contributed by atoms with Gasteiger partial charge in [0.15, 0.2) is 0 Å². The molecule has 0 saturated carbocycles. The molecule has 33 heavy (non-hydrogen) atoms. The molecule has 8 heteroatoms. The Morgan fingerprint density at radius 3 is 2.55 bits per heavy atom. The van der Waals surface area contributed by atoms with Crippen LogP contribution < -0.4 is 5.32 Å². The topological polar surface area (TPSA) is 70.9 Å². The number of nitrogens with zero attached hydrogens (tertiary/aromatic N) is 4. The number of hydrogen-bond donors (Lipinski definition) is 2. The summed E-state index contributed by atoms with van der Waals surface area (Å²) in [6, 6.07) is 22.4. The molecule has 6 rings (SSSR count). The highest BCUT2D eigenvalue weighted by atomic mass is 79.9. The first-order valence-corrected chi connectivity index (χ1v) is 11.1. The van der Waals surface area contributed by atoms with Crippen LogP contribution in [0.2, 0.25) is 0 Å². The molecule has 0 aliphatic rings. The highest BCUT2D eigenvalue weighted by Crippen LogP contribution is 2.32. The first kappa shape index (κ1) is 19.6. The number of aromatic nitrogens is 5. The van der Waals surface area contributed by atoms with Crippen molar-refractivity contribution in [2.45, 2.75) is 0 Å². The summed E-state index contributed by atoms with van der Waals surface area (Å²) in [5.41, 5.74) is 4.76. The second kappa shape index (κ2) is 7.83. The van der Waals surface area contributed by atoms with E-state index in [-0.39, 0.29) is 5.82 Å². The number of imidazole rings is 2. The average molecular weight is 499 g/mol. The van der Waals surface area contributed by atoms with Crippen LogP contribution in [0.15, 0.2) is 89.7 Å². The molecule has 0 aliphatic carbocycles. The third-order valence-electron chi connectivity index (χ3n) is 5.35. The van der Waals surface area contributed by atoms with Crippen LogP contribution in [0.4, 0.5) is 15.9 Å². The highest BCUT2D eigenvalue weighted by Gasteiger charge is 2.17. The quantitative estimate of drug-likeness (QED) is 0.287. The Morgan fingerprint density at radius 2 is 1.73 bits per heavy atom. The zero-order valence-electron chi connectivity index (χ0n) is 17.1. The smallest absolute Gasteiger partial charge is 0.236 e. The third kappa shape index (κ3) is 3.64. The highest BCUT2D eigenvalue weighted by molar-refractivity contribution is 9.10. The molecule has 2 N–H and O–H groups in total. The van der Waals surface area contributed by atoms with E-state index in [0.717, 1.165) is 32.8 Å². The summed E-state index contributed by atoms with van der Waals surface area (Å²) in [5, 5.41) is 3.49. The van der Waals surface area contributed by atoms with Crippen molar-refractivity contribution in [2.75, 3.05) is 5.32 Å². The molecule has 3 aromatic heterocycles. The van der Waals surface area contributed by atoms with E-state index in [1.165, 1.54) is 12.1 Å². The van der Waals surface area contributed by atoms with Gasteiger partial charge in [0.2, 0.25) is 5.78 Å². The number of hydrogen-bond acceptors (Lipinski definition) is 4. The normalized spacial score (nSPS) is 11.3. The minimum absolute atomic E-state index is 0.311. The van der Waals surface area contributed by atoms with Crippen molar-refractivity contribution in [1.82, 2.24) is 24.3 Å². The van der Waals surface area contributed by atoms with Crippen molar-refractivity contribution in [3.63, 3.8) is 0 Å². The van der Waals surface area contributed by atoms with E-state index >= 15 is 0 Å². The SMILES string of the molecule is Fc1ccc2nc(-c3cnc4nc(-c5ccc(Br)cc5)c(Nc5ccccc5)n4c3)[nH]c2c1. The number of fused-ring (bicyclic) bond motifs is 2. The van der Waals surface area contributed by atoms with E-state index in [2.05, 4.69) is 36.2 Å². The lowest BCUT2D eigenvalue weighted by molar-refractivity contribution is 0.629. The van der Waals surface area contributed by atoms with Gasteiger partial charge in [-0.25, -0.2) is 19.3 Å². The van der Waals surface area contributed by atoms with Crippen LogP contribution in [0.5, 0.6) is 0 Å². The largest absolute Gasteiger partial charge is 0.339 e. The molecule has 0 atom stereocenters. The van der Waals surface area contributed by atoms with E-state index in [0.29, 0.717) is 22.6 Å². The number of anilines is 2. The second-order valence-corrected chi connectivity index (χ2v) is 8.48. The van der Waals surface area contributed by atoms with Gasteiger partial charge in [0.05, 0.1) is 16.6 Å². The first-order valence-electron chi connectivity index (χ1n) is 10.3. The molecule has 0 amide bonds. The van der Waals surface area contributed by atoms with Gasteiger partial charge in [-0.2, -0.15) is 0 Å². The van der Waals surface area contributed by atoms with Crippen molar-refractivity contribution < 1.29 is 4.39 Å². The molecule has 0 aliphatic heterocycles. The molecule has 0 radical (unpaired) electrons. The van der Waals surface area contributed by atoms with Gasteiger partial charge in [0.25, 0.3) is 0 Å². The van der Waals surface area contributed by atoms with Gasteiger partial charge in [0.1, 0.15) is 23.2 Å². The summed E-state index contributed by atoms with van der Waals surface area (Å²) in [7, 11) is 0. The van der Waals surface area contributed by atoms with Crippen LogP contribution in [-0.2, 0) is 0 Å². The van der Waals surface area contributed by atoms with Crippen molar-refractivity contribution in [1.29, 1.82) is 0 Å². The molecule has 0 bridgehead atoms. The van der Waals surface area contributed by atoms with Crippen LogP contribution in [0.25, 0.3) is 39.5 Å². The lowest BCUT2D eigenvalue weighted by Crippen LogP contribution is -1.98. The van der Waals surface area contributed by atoms with E-state index < -0.39 is 0 Å². The number of aromatic amines is 1. The standard InChI is InChI=1S/C25H16BrFN6/c26-17-8-6-15(7-9-17)22-24(29-19-4-2-1-3-5-19)33-14-16(13-28-25(33)32-22)23-30-20-11-10-18(27)12-21(20)31-23/h1-14,29H,(H,30,31). The molecular formula is C25H16BrFN6. The van der Waals surface area contributed by atoms with Gasteiger partial charge < -0.3 is 10.3 Å². The molecule has 3 aromatic carbocycles. The molecule has 0 spiro atoms. The fourth-order valence-corrected chi connectivity index (χ4v) is 4.03. The molecular weight excluding hydrogens is 483 g/mol. The van der Waals surface area contributed by atoms with Crippen molar-refractivity contribution in [2.24, 2.45) is 0 Å². The summed E-state index contributed by atoms with van der Waals surface area (Å²) in [4.78, 5) is 17.1. The maximum absolute atomic E-state index is 13.6. The Kier molecular flexibility index (Phi) is 4.66. The molecule has 0 fully saturated rings. The minimum Gasteiger partial charge on any atom is -0.339 e. The Bertz CT molecular complexity index is 1610. The van der Waals surface area contributed by atoms with Crippen LogP contribution in [0, 0.1) is 5.82 Å². The average Bonchev–Trinajstić information content (AvgIpc) is 3.41. The second-order valence-electron chi connectivity index (χ2n) is 7.57. The van der Waals surface area contributed by atoms with E-state index in [9.17, 15) is 4.39 Å². The van der Waals surface area contributed by atoms with E-state index in [1.54, 1.807) is 12.3 Å². The number of rotatable bonds is 4. The monoisotopic (exact) mass is 498 g/mol. The fourth-order valence-electron chi connectivity index (χ4n) is 3.76. The molecule has 6 aromatic rings. The lowest BCUT2D eigenvalue weighted by Gasteiger charge is -2.09. The molecule has 0 saturated heterocycles. The number of para-hydroxylation sites is 1. The first-order chi connectivity index (χ1) is 16.1. The lowest BCUT2D eigenvalue weighted by atomic mass is 10.1. The molecule has 3 heterocycles. The van der Waals surface area contributed by atoms with Crippen LogP contribution in [0.1, 0.15) is 0 Å². The fraction of sp³-hybridized carbons (Fsp3) is 0. The summed E-state index contributed by atoms with van der Waals surface area (Å²) >= 11 is 3.49. The summed E-state index contributed by atoms with van der Waals surface area (Å²) in [6.45, 7) is 0. The molecule has 0 unspecified atom stereocenters. The van der Waals surface area contributed by atoms with Gasteiger partial charge in [-0.1, -0.05) is 46.3 Å². The minimum atomic E-state index is -0.311. The zero-order valence-corrected chi connectivity index (χ0v) is 18.7. The van der Waals surface area contributed by atoms with Gasteiger partial charge in [-0.15, -0.1) is 0 Å². The van der Waals surface area contributed by atoms with Crippen molar-refractivity contribution >= 4 is 44.2 Å². The summed E-state index contributed by atoms with van der Waals surface area (Å²) in [6.07, 6.45) is 3.64. The number of benzene rings is 3. The van der Waals surface area contributed by atoms with Crippen LogP contribution in [-0.4, -0.2) is 24.3 Å². The summed E-state index contributed by atoms with van der Waals surface area (Å²) < 4.78 is 16.5. The Balaban J connectivity index is 1.53. The number of nitrogens with one attached hydrogen (secondary N) is 2. The van der Waals surface area contributed by atoms with E-state index in [1.807, 2.05) is 65.2 Å². The van der Waals surface area contributed by atoms with Gasteiger partial charge in [-0.05, 0) is 42.5 Å². The maximum atomic E-state index is 13.6. The van der Waals surface area contributed by atoms with Gasteiger partial charge in [0, 0.05) is 28.1 Å². The predicted molar refractivity (Wildman–Crippen MR) is 131 cm³/mol. The van der Waals surface area contributed by atoms with Crippen molar-refractivity contribution in [3.05, 3.63) is 95.5 Å². The predicted octanol–water partition coefficient (Wildman–Crippen LogP) is 6.58. The molecule has 6 nitrogen and oxygen atoms in total. The van der Waals surface area contributed by atoms with Crippen molar-refractivity contribution in [3.8, 4) is 22.6 Å². The number of halogens is 2. The van der Waals surface area contributed by atoms with Crippen LogP contribution in [0.3, 0.4) is 0 Å². The summed E-state index contributed by atoms with van der Waals surface area (Å²) in [5.74, 6) is 1.64. The van der Waals surface area contributed by atoms with Gasteiger partial charge in [-0.3, -0.25) is 4.40 Å². The van der Waals surface area contributed by atoms with Crippen LogP contribution >= 0.6 is 15.9 Å². The van der Waals surface area contributed by atoms with E-state index in [4.69, 9.17) is 4.98 Å². The third-order valence-corrected chi connectivity index (χ3v) is 5.88.